The van der Waals surface area contributed by atoms with Gasteiger partial charge in [-0.25, -0.2) is 9.97 Å². The highest BCUT2D eigenvalue weighted by Gasteiger charge is 2.20. The maximum atomic E-state index is 5.37. The molecule has 4 nitrogen and oxygen atoms in total. The molecule has 9 aromatic rings. The van der Waals surface area contributed by atoms with E-state index >= 15 is 0 Å². The number of aromatic nitrogens is 4. The van der Waals surface area contributed by atoms with E-state index in [1.54, 1.807) is 11.3 Å². The third-order valence-electron chi connectivity index (χ3n) is 8.12. The van der Waals surface area contributed by atoms with Gasteiger partial charge in [0.1, 0.15) is 4.83 Å². The summed E-state index contributed by atoms with van der Waals surface area (Å²) in [4.78, 5) is 15.8. The van der Waals surface area contributed by atoms with Gasteiger partial charge in [-0.2, -0.15) is 0 Å². The number of hydrogen-bond acceptors (Lipinski definition) is 4. The molecule has 0 N–H and O–H groups in total. The SMILES string of the molecule is c1ccc(-c2nc(-n3c4ccccc4c4cc5ccccc5cc43)nc3sc4ccc(-c5ccncc5)cc4c23)cc1. The minimum atomic E-state index is 0.684. The number of benzene rings is 5. The molecule has 0 saturated carbocycles. The summed E-state index contributed by atoms with van der Waals surface area (Å²) >= 11 is 1.72. The first-order valence-corrected chi connectivity index (χ1v) is 14.8. The normalized spacial score (nSPS) is 11.8. The molecule has 0 fully saturated rings. The van der Waals surface area contributed by atoms with Crippen LogP contribution in [0.1, 0.15) is 0 Å². The van der Waals surface area contributed by atoms with E-state index in [0.29, 0.717) is 5.95 Å². The Morgan fingerprint density at radius 1 is 0.524 bits per heavy atom. The second-order valence-electron chi connectivity index (χ2n) is 10.5. The van der Waals surface area contributed by atoms with Gasteiger partial charge in [-0.15, -0.1) is 11.3 Å². The van der Waals surface area contributed by atoms with Crippen LogP contribution >= 0.6 is 11.3 Å². The Balaban J connectivity index is 1.39. The Kier molecular flexibility index (Phi) is 5.03. The summed E-state index contributed by atoms with van der Waals surface area (Å²) in [6.45, 7) is 0. The minimum absolute atomic E-state index is 0.684. The van der Waals surface area contributed by atoms with Gasteiger partial charge in [0.05, 0.1) is 16.7 Å². The molecule has 0 aliphatic heterocycles. The van der Waals surface area contributed by atoms with Gasteiger partial charge in [0.2, 0.25) is 5.95 Å². The van der Waals surface area contributed by atoms with Crippen molar-refractivity contribution in [1.82, 2.24) is 19.5 Å². The number of fused-ring (bicyclic) bond motifs is 7. The van der Waals surface area contributed by atoms with Crippen LogP contribution in [0.2, 0.25) is 0 Å². The lowest BCUT2D eigenvalue weighted by Crippen LogP contribution is -2.02. The molecule has 0 bridgehead atoms. The maximum Gasteiger partial charge on any atom is 0.236 e. The van der Waals surface area contributed by atoms with Gasteiger partial charge in [0, 0.05) is 44.2 Å². The van der Waals surface area contributed by atoms with Crippen molar-refractivity contribution in [3.05, 3.63) is 134 Å². The van der Waals surface area contributed by atoms with Crippen molar-refractivity contribution < 1.29 is 0 Å². The van der Waals surface area contributed by atoms with Crippen LogP contribution in [0.25, 0.3) is 81.2 Å². The fourth-order valence-electron chi connectivity index (χ4n) is 6.16. The second kappa shape index (κ2) is 9.06. The maximum absolute atomic E-state index is 5.37. The van der Waals surface area contributed by atoms with Crippen LogP contribution in [0, 0.1) is 0 Å². The molecule has 4 heterocycles. The quantitative estimate of drug-likeness (QED) is 0.218. The van der Waals surface area contributed by atoms with Gasteiger partial charge < -0.3 is 0 Å². The topological polar surface area (TPSA) is 43.6 Å². The highest BCUT2D eigenvalue weighted by Crippen LogP contribution is 2.41. The van der Waals surface area contributed by atoms with E-state index in [0.717, 1.165) is 43.6 Å². The molecule has 196 valence electrons. The highest BCUT2D eigenvalue weighted by molar-refractivity contribution is 7.25. The van der Waals surface area contributed by atoms with Crippen LogP contribution in [0.3, 0.4) is 0 Å². The summed E-state index contributed by atoms with van der Waals surface area (Å²) in [7, 11) is 0. The van der Waals surface area contributed by atoms with Gasteiger partial charge in [0.25, 0.3) is 0 Å². The Hall–Kier alpha value is -5.39. The third kappa shape index (κ3) is 3.51. The predicted octanol–water partition coefficient (Wildman–Crippen LogP) is 9.82. The zero-order chi connectivity index (χ0) is 27.6. The molecule has 5 heteroatoms. The lowest BCUT2D eigenvalue weighted by Gasteiger charge is -2.11. The fraction of sp³-hybridized carbons (Fsp3) is 0. The molecule has 4 aromatic heterocycles. The number of thiophene rings is 1. The van der Waals surface area contributed by atoms with Crippen molar-refractivity contribution in [3.8, 4) is 28.3 Å². The summed E-state index contributed by atoms with van der Waals surface area (Å²) in [6, 6.07) is 42.9. The van der Waals surface area contributed by atoms with Crippen molar-refractivity contribution in [2.45, 2.75) is 0 Å². The smallest absolute Gasteiger partial charge is 0.236 e. The lowest BCUT2D eigenvalue weighted by molar-refractivity contribution is 1.02. The first-order chi connectivity index (χ1) is 20.8. The highest BCUT2D eigenvalue weighted by atomic mass is 32.1. The Morgan fingerprint density at radius 2 is 1.29 bits per heavy atom. The van der Waals surface area contributed by atoms with E-state index in [1.165, 1.54) is 31.6 Å². The number of para-hydroxylation sites is 1. The summed E-state index contributed by atoms with van der Waals surface area (Å²) in [6.07, 6.45) is 3.68. The molecular weight excluding hydrogens is 533 g/mol. The van der Waals surface area contributed by atoms with E-state index in [-0.39, 0.29) is 0 Å². The van der Waals surface area contributed by atoms with E-state index in [9.17, 15) is 0 Å². The van der Waals surface area contributed by atoms with Crippen molar-refractivity contribution in [2.24, 2.45) is 0 Å². The van der Waals surface area contributed by atoms with Crippen LogP contribution in [0.15, 0.2) is 134 Å². The first-order valence-electron chi connectivity index (χ1n) is 13.9. The third-order valence-corrected chi connectivity index (χ3v) is 9.19. The molecule has 0 saturated heterocycles. The largest absolute Gasteiger partial charge is 0.278 e. The van der Waals surface area contributed by atoms with E-state index in [2.05, 4.69) is 125 Å². The lowest BCUT2D eigenvalue weighted by atomic mass is 10.0. The molecule has 0 aliphatic rings. The molecule has 0 aliphatic carbocycles. The molecule has 0 amide bonds. The van der Waals surface area contributed by atoms with Crippen LogP contribution in [0.5, 0.6) is 0 Å². The number of nitrogens with zero attached hydrogens (tertiary/aromatic N) is 4. The van der Waals surface area contributed by atoms with Crippen molar-refractivity contribution in [2.75, 3.05) is 0 Å². The van der Waals surface area contributed by atoms with Crippen LogP contribution in [-0.2, 0) is 0 Å². The average Bonchev–Trinajstić information content (AvgIpc) is 3.58. The summed E-state index contributed by atoms with van der Waals surface area (Å²) in [5.74, 6) is 0.684. The van der Waals surface area contributed by atoms with Crippen LogP contribution < -0.4 is 0 Å². The molecule has 0 unspecified atom stereocenters. The Labute approximate surface area is 245 Å². The van der Waals surface area contributed by atoms with E-state index in [1.807, 2.05) is 18.5 Å². The van der Waals surface area contributed by atoms with Crippen LogP contribution in [0.4, 0.5) is 0 Å². The summed E-state index contributed by atoms with van der Waals surface area (Å²) < 4.78 is 3.43. The van der Waals surface area contributed by atoms with Crippen molar-refractivity contribution in [1.29, 1.82) is 0 Å². The molecule has 0 spiro atoms. The fourth-order valence-corrected chi connectivity index (χ4v) is 7.21. The summed E-state index contributed by atoms with van der Waals surface area (Å²) in [5.41, 5.74) is 6.52. The van der Waals surface area contributed by atoms with Crippen molar-refractivity contribution in [3.63, 3.8) is 0 Å². The summed E-state index contributed by atoms with van der Waals surface area (Å²) in [5, 5.41) is 7.08. The molecule has 0 atom stereocenters. The average molecular weight is 555 g/mol. The van der Waals surface area contributed by atoms with Gasteiger partial charge in [0.15, 0.2) is 0 Å². The van der Waals surface area contributed by atoms with Crippen molar-refractivity contribution >= 4 is 64.2 Å². The van der Waals surface area contributed by atoms with Gasteiger partial charge in [-0.3, -0.25) is 9.55 Å². The monoisotopic (exact) mass is 554 g/mol. The predicted molar refractivity (Wildman–Crippen MR) is 175 cm³/mol. The number of rotatable bonds is 3. The Morgan fingerprint density at radius 3 is 2.14 bits per heavy atom. The molecule has 9 rings (SSSR count). The number of pyridine rings is 1. The van der Waals surface area contributed by atoms with Gasteiger partial charge >= 0.3 is 0 Å². The number of hydrogen-bond donors (Lipinski definition) is 0. The molecular formula is C37H22N4S. The first kappa shape index (κ1) is 23.3. The zero-order valence-corrected chi connectivity index (χ0v) is 23.2. The Bertz CT molecular complexity index is 2460. The molecule has 0 radical (unpaired) electrons. The van der Waals surface area contributed by atoms with Gasteiger partial charge in [-0.1, -0.05) is 78.9 Å². The van der Waals surface area contributed by atoms with E-state index < -0.39 is 0 Å². The minimum Gasteiger partial charge on any atom is -0.278 e. The molecule has 5 aromatic carbocycles. The van der Waals surface area contributed by atoms with Gasteiger partial charge in [-0.05, 0) is 64.4 Å². The second-order valence-corrected chi connectivity index (χ2v) is 11.6. The molecule has 42 heavy (non-hydrogen) atoms. The standard InChI is InChI=1S/C37H22N4S/c1-2-8-24(9-3-1)35-34-30-21-27(23-16-18-38-19-17-23)14-15-33(30)42-36(34)40-37(39-35)41-31-13-7-6-12-28(31)29-20-25-10-4-5-11-26(25)22-32(29)41/h1-22H. The van der Waals surface area contributed by atoms with E-state index in [4.69, 9.17) is 9.97 Å². The van der Waals surface area contributed by atoms with Crippen LogP contribution in [-0.4, -0.2) is 19.5 Å². The zero-order valence-electron chi connectivity index (χ0n) is 22.4.